The van der Waals surface area contributed by atoms with Crippen LogP contribution in [0.5, 0.6) is 0 Å². The Morgan fingerprint density at radius 3 is 1.00 bits per heavy atom. The first-order valence-electron chi connectivity index (χ1n) is 13.7. The Hall–Kier alpha value is -2.52. The molecule has 1 fully saturated rings. The van der Waals surface area contributed by atoms with Crippen LogP contribution in [0.2, 0.25) is 0 Å². The van der Waals surface area contributed by atoms with Crippen molar-refractivity contribution >= 4 is 37.1 Å². The third-order valence-electron chi connectivity index (χ3n) is 8.65. The predicted octanol–water partition coefficient (Wildman–Crippen LogP) is 7.47. The van der Waals surface area contributed by atoms with E-state index in [1.807, 2.05) is 0 Å². The average Bonchev–Trinajstić information content (AvgIpc) is 3.58. The normalized spacial score (nSPS) is 24.0. The van der Waals surface area contributed by atoms with Crippen molar-refractivity contribution in [1.29, 1.82) is 0 Å². The summed E-state index contributed by atoms with van der Waals surface area (Å²) < 4.78 is 0. The second kappa shape index (κ2) is 11.1. The van der Waals surface area contributed by atoms with Crippen molar-refractivity contribution in [2.45, 2.75) is 31.6 Å². The van der Waals surface area contributed by atoms with E-state index in [1.165, 1.54) is 27.6 Å². The molecule has 4 aromatic carbocycles. The molecule has 4 aromatic rings. The lowest BCUT2D eigenvalue weighted by Crippen LogP contribution is -2.39. The van der Waals surface area contributed by atoms with Crippen LogP contribution in [0.15, 0.2) is 133 Å². The van der Waals surface area contributed by atoms with E-state index >= 15 is 0 Å². The first kappa shape index (κ1) is 24.8. The highest BCUT2D eigenvalue weighted by molar-refractivity contribution is 7.74. The summed E-state index contributed by atoms with van der Waals surface area (Å²) in [6.07, 6.45) is 6.49. The summed E-state index contributed by atoms with van der Waals surface area (Å²) in [5.74, 6) is 2.81. The number of rotatable bonds is 8. The van der Waals surface area contributed by atoms with Gasteiger partial charge < -0.3 is 0 Å². The summed E-state index contributed by atoms with van der Waals surface area (Å²) in [5, 5.41) is 6.07. The molecule has 0 radical (unpaired) electrons. The van der Waals surface area contributed by atoms with Gasteiger partial charge >= 0.3 is 0 Å². The van der Waals surface area contributed by atoms with Crippen LogP contribution in [0.1, 0.15) is 20.3 Å². The Bertz CT molecular complexity index is 1120. The lowest BCUT2D eigenvalue weighted by atomic mass is 9.79. The first-order chi connectivity index (χ1) is 18.2. The minimum Gasteiger partial charge on any atom is -0.0848 e. The highest BCUT2D eigenvalue weighted by atomic mass is 31.1. The van der Waals surface area contributed by atoms with Crippen LogP contribution in [-0.2, 0) is 0 Å². The van der Waals surface area contributed by atoms with Gasteiger partial charge in [0.05, 0.1) is 0 Å². The lowest BCUT2D eigenvalue weighted by molar-refractivity contribution is 0.304. The van der Waals surface area contributed by atoms with Crippen molar-refractivity contribution in [2.75, 3.05) is 0 Å². The Morgan fingerprint density at radius 1 is 0.459 bits per heavy atom. The van der Waals surface area contributed by atoms with Crippen molar-refractivity contribution in [3.05, 3.63) is 133 Å². The molecule has 0 amide bonds. The van der Waals surface area contributed by atoms with Gasteiger partial charge in [0.15, 0.2) is 0 Å². The van der Waals surface area contributed by atoms with Gasteiger partial charge in [0.1, 0.15) is 0 Å². The van der Waals surface area contributed by atoms with Gasteiger partial charge in [-0.2, -0.15) is 0 Å². The van der Waals surface area contributed by atoms with Crippen molar-refractivity contribution in [3.8, 4) is 0 Å². The molecular formula is C35H36P2. The summed E-state index contributed by atoms with van der Waals surface area (Å²) in [7, 11) is -0.882. The van der Waals surface area contributed by atoms with E-state index in [0.29, 0.717) is 35.0 Å². The summed E-state index contributed by atoms with van der Waals surface area (Å²) >= 11 is 0. The van der Waals surface area contributed by atoms with Gasteiger partial charge in [-0.15, -0.1) is 0 Å². The molecule has 0 heterocycles. The predicted molar refractivity (Wildman–Crippen MR) is 165 cm³/mol. The van der Waals surface area contributed by atoms with E-state index in [-0.39, 0.29) is 0 Å². The Labute approximate surface area is 225 Å². The average molecular weight is 519 g/mol. The van der Waals surface area contributed by atoms with Gasteiger partial charge in [0, 0.05) is 0 Å². The maximum Gasteiger partial charge on any atom is -0.0120 e. The van der Waals surface area contributed by atoms with Crippen LogP contribution in [0.25, 0.3) is 0 Å². The van der Waals surface area contributed by atoms with Gasteiger partial charge in [-0.1, -0.05) is 147 Å². The molecule has 1 saturated carbocycles. The summed E-state index contributed by atoms with van der Waals surface area (Å²) in [4.78, 5) is 0. The van der Waals surface area contributed by atoms with Crippen LogP contribution in [0, 0.1) is 23.7 Å². The van der Waals surface area contributed by atoms with Crippen LogP contribution in [0.4, 0.5) is 0 Å². The third-order valence-corrected chi connectivity index (χ3v) is 14.4. The minimum absolute atomic E-state index is 0.441. The smallest absolute Gasteiger partial charge is 0.0120 e. The molecule has 2 bridgehead atoms. The maximum absolute atomic E-state index is 2.58. The Kier molecular flexibility index (Phi) is 7.42. The van der Waals surface area contributed by atoms with Crippen molar-refractivity contribution in [2.24, 2.45) is 23.7 Å². The molecule has 0 saturated heterocycles. The van der Waals surface area contributed by atoms with Crippen LogP contribution < -0.4 is 21.2 Å². The molecule has 37 heavy (non-hydrogen) atoms. The first-order valence-corrected chi connectivity index (χ1v) is 16.5. The van der Waals surface area contributed by atoms with Crippen molar-refractivity contribution in [3.63, 3.8) is 0 Å². The SMILES string of the molecule is C[C@H]([C@H]1C2C=CC(C2)[C@@H]1[C@@H](C)P(c1ccccc1)c1ccccc1)P(c1ccccc1)c1ccccc1. The van der Waals surface area contributed by atoms with Crippen molar-refractivity contribution in [1.82, 2.24) is 0 Å². The number of hydrogen-bond donors (Lipinski definition) is 0. The standard InChI is InChI=1S/C35H36P2/c1-26(36(30-15-7-3-8-16-30)31-17-9-4-10-18-31)34-28-23-24-29(25-28)35(34)27(2)37(32-19-11-5-12-20-32)33-21-13-6-14-22-33/h3-24,26-29,34-35H,25H2,1-2H3/t26-,27-,28?,29?,34+,35+/m1/s1. The van der Waals surface area contributed by atoms with Crippen LogP contribution >= 0.6 is 15.8 Å². The van der Waals surface area contributed by atoms with Gasteiger partial charge in [-0.05, 0) is 78.5 Å². The maximum atomic E-state index is 2.58. The topological polar surface area (TPSA) is 0 Å². The number of allylic oxidation sites excluding steroid dienone is 2. The molecule has 0 aromatic heterocycles. The molecule has 2 heteroatoms. The van der Waals surface area contributed by atoms with E-state index in [0.717, 1.165) is 0 Å². The third kappa shape index (κ3) is 4.88. The van der Waals surface area contributed by atoms with Crippen molar-refractivity contribution < 1.29 is 0 Å². The monoisotopic (exact) mass is 518 g/mol. The minimum atomic E-state index is -0.441. The molecule has 186 valence electrons. The van der Waals surface area contributed by atoms with Gasteiger partial charge in [-0.3, -0.25) is 0 Å². The largest absolute Gasteiger partial charge is 0.0848 e. The summed E-state index contributed by atoms with van der Waals surface area (Å²) in [6, 6.07) is 45.4. The van der Waals surface area contributed by atoms with Gasteiger partial charge in [0.2, 0.25) is 0 Å². The number of fused-ring (bicyclic) bond motifs is 2. The number of benzene rings is 4. The molecule has 6 atom stereocenters. The Balaban J connectivity index is 1.41. The fourth-order valence-electron chi connectivity index (χ4n) is 7.19. The lowest BCUT2D eigenvalue weighted by Gasteiger charge is -2.42. The highest BCUT2D eigenvalue weighted by Gasteiger charge is 2.51. The molecule has 2 unspecified atom stereocenters. The van der Waals surface area contributed by atoms with E-state index in [9.17, 15) is 0 Å². The molecule has 0 nitrogen and oxygen atoms in total. The molecule has 0 N–H and O–H groups in total. The molecule has 0 spiro atoms. The van der Waals surface area contributed by atoms with Crippen LogP contribution in [-0.4, -0.2) is 11.3 Å². The molecule has 6 rings (SSSR count). The van der Waals surface area contributed by atoms with E-state index < -0.39 is 15.8 Å². The van der Waals surface area contributed by atoms with E-state index in [2.05, 4.69) is 147 Å². The van der Waals surface area contributed by atoms with E-state index in [4.69, 9.17) is 0 Å². The highest BCUT2D eigenvalue weighted by Crippen LogP contribution is 2.61. The summed E-state index contributed by atoms with van der Waals surface area (Å²) in [5.41, 5.74) is 1.24. The number of hydrogen-bond acceptors (Lipinski definition) is 0. The molecule has 0 aliphatic heterocycles. The summed E-state index contributed by atoms with van der Waals surface area (Å²) in [6.45, 7) is 5.16. The molecule has 2 aliphatic rings. The zero-order valence-electron chi connectivity index (χ0n) is 21.8. The fourth-order valence-corrected chi connectivity index (χ4v) is 13.2. The Morgan fingerprint density at radius 2 is 0.730 bits per heavy atom. The quantitative estimate of drug-likeness (QED) is 0.168. The molecular weight excluding hydrogens is 482 g/mol. The second-order valence-electron chi connectivity index (χ2n) is 10.7. The fraction of sp³-hybridized carbons (Fsp3) is 0.257. The zero-order chi connectivity index (χ0) is 25.2. The zero-order valence-corrected chi connectivity index (χ0v) is 23.6. The van der Waals surface area contributed by atoms with Gasteiger partial charge in [0.25, 0.3) is 0 Å². The second-order valence-corrected chi connectivity index (χ2v) is 15.8. The van der Waals surface area contributed by atoms with Crippen LogP contribution in [0.3, 0.4) is 0 Å². The molecule has 2 aliphatic carbocycles. The van der Waals surface area contributed by atoms with Gasteiger partial charge in [-0.25, -0.2) is 0 Å². The van der Waals surface area contributed by atoms with E-state index in [1.54, 1.807) is 0 Å².